The number of aromatic nitrogens is 2. The van der Waals surface area contributed by atoms with E-state index in [9.17, 15) is 9.18 Å². The van der Waals surface area contributed by atoms with Crippen LogP contribution in [-0.4, -0.2) is 60.0 Å². The first kappa shape index (κ1) is 19.0. The van der Waals surface area contributed by atoms with Crippen LogP contribution in [0.2, 0.25) is 0 Å². The summed E-state index contributed by atoms with van der Waals surface area (Å²) >= 11 is 1.44. The number of carbonyl (C=O) groups is 1. The standard InChI is InChI=1S/C20H23FN4O2S/c1-14-17-12-18(19(26)22-6-7-24-8-10-27-11-9-24)28-20(17)25(23-14)13-15-2-4-16(21)5-3-15/h2-5,12H,6-11,13H2,1H3,(H,22,26). The van der Waals surface area contributed by atoms with E-state index >= 15 is 0 Å². The molecule has 3 heterocycles. The van der Waals surface area contributed by atoms with Crippen molar-refractivity contribution in [2.45, 2.75) is 13.5 Å². The van der Waals surface area contributed by atoms with Gasteiger partial charge in [-0.1, -0.05) is 12.1 Å². The van der Waals surface area contributed by atoms with E-state index in [-0.39, 0.29) is 11.7 Å². The van der Waals surface area contributed by atoms with Crippen molar-refractivity contribution in [3.63, 3.8) is 0 Å². The second kappa shape index (κ2) is 8.38. The van der Waals surface area contributed by atoms with Crippen LogP contribution in [0, 0.1) is 12.7 Å². The van der Waals surface area contributed by atoms with Gasteiger partial charge in [0.1, 0.15) is 10.6 Å². The number of hydrogen-bond donors (Lipinski definition) is 1. The number of aryl methyl sites for hydroxylation is 1. The number of carbonyl (C=O) groups excluding carboxylic acids is 1. The fourth-order valence-corrected chi connectivity index (χ4v) is 4.41. The molecule has 1 aliphatic heterocycles. The fraction of sp³-hybridized carbons (Fsp3) is 0.400. The van der Waals surface area contributed by atoms with Gasteiger partial charge in [-0.3, -0.25) is 14.4 Å². The Morgan fingerprint density at radius 1 is 1.29 bits per heavy atom. The Balaban J connectivity index is 1.43. The zero-order valence-corrected chi connectivity index (χ0v) is 16.6. The Hall–Kier alpha value is -2.29. The second-order valence-corrected chi connectivity index (χ2v) is 7.94. The number of halogens is 1. The summed E-state index contributed by atoms with van der Waals surface area (Å²) in [5.74, 6) is -0.306. The SMILES string of the molecule is Cc1nn(Cc2ccc(F)cc2)c2sc(C(=O)NCCN3CCOCC3)cc12. The van der Waals surface area contributed by atoms with Crippen molar-refractivity contribution in [2.75, 3.05) is 39.4 Å². The van der Waals surface area contributed by atoms with Crippen LogP contribution in [0.5, 0.6) is 0 Å². The average molecular weight is 402 g/mol. The molecule has 0 saturated carbocycles. The largest absolute Gasteiger partial charge is 0.379 e. The monoisotopic (exact) mass is 402 g/mol. The summed E-state index contributed by atoms with van der Waals surface area (Å²) in [4.78, 5) is 16.5. The lowest BCUT2D eigenvalue weighted by atomic mass is 10.2. The highest BCUT2D eigenvalue weighted by Gasteiger charge is 2.17. The predicted molar refractivity (Wildman–Crippen MR) is 107 cm³/mol. The number of rotatable bonds is 6. The molecule has 1 aliphatic rings. The third-order valence-corrected chi connectivity index (χ3v) is 6.04. The highest BCUT2D eigenvalue weighted by atomic mass is 32.1. The Labute approximate surface area is 166 Å². The van der Waals surface area contributed by atoms with Gasteiger partial charge in [0, 0.05) is 31.6 Å². The topological polar surface area (TPSA) is 59.4 Å². The lowest BCUT2D eigenvalue weighted by molar-refractivity contribution is 0.0383. The lowest BCUT2D eigenvalue weighted by Crippen LogP contribution is -2.41. The summed E-state index contributed by atoms with van der Waals surface area (Å²) in [7, 11) is 0. The van der Waals surface area contributed by atoms with Crippen molar-refractivity contribution in [3.8, 4) is 0 Å². The van der Waals surface area contributed by atoms with Crippen molar-refractivity contribution in [1.29, 1.82) is 0 Å². The molecule has 1 aromatic carbocycles. The zero-order chi connectivity index (χ0) is 19.5. The second-order valence-electron chi connectivity index (χ2n) is 6.91. The summed E-state index contributed by atoms with van der Waals surface area (Å²) in [5, 5.41) is 8.58. The molecule has 3 aromatic rings. The van der Waals surface area contributed by atoms with Gasteiger partial charge in [-0.05, 0) is 30.7 Å². The molecule has 0 unspecified atom stereocenters. The number of morpholine rings is 1. The molecule has 1 saturated heterocycles. The zero-order valence-electron chi connectivity index (χ0n) is 15.8. The van der Waals surface area contributed by atoms with Gasteiger partial charge in [-0.15, -0.1) is 11.3 Å². The Morgan fingerprint density at radius 2 is 2.04 bits per heavy atom. The fourth-order valence-electron chi connectivity index (χ4n) is 3.33. The van der Waals surface area contributed by atoms with Crippen molar-refractivity contribution in [3.05, 3.63) is 52.3 Å². The van der Waals surface area contributed by atoms with Crippen molar-refractivity contribution in [2.24, 2.45) is 0 Å². The minimum absolute atomic E-state index is 0.0535. The average Bonchev–Trinajstić information content (AvgIpc) is 3.26. The van der Waals surface area contributed by atoms with Gasteiger partial charge < -0.3 is 10.1 Å². The van der Waals surface area contributed by atoms with Crippen LogP contribution in [0.4, 0.5) is 4.39 Å². The van der Waals surface area contributed by atoms with Gasteiger partial charge in [0.2, 0.25) is 0 Å². The molecule has 2 aromatic heterocycles. The van der Waals surface area contributed by atoms with Crippen LogP contribution in [-0.2, 0) is 11.3 Å². The number of fused-ring (bicyclic) bond motifs is 1. The maximum absolute atomic E-state index is 13.1. The molecule has 0 bridgehead atoms. The number of nitrogens with one attached hydrogen (secondary N) is 1. The van der Waals surface area contributed by atoms with Gasteiger partial charge in [0.15, 0.2) is 0 Å². The van der Waals surface area contributed by atoms with Gasteiger partial charge in [-0.25, -0.2) is 4.39 Å². The molecule has 1 N–H and O–H groups in total. The highest BCUT2D eigenvalue weighted by molar-refractivity contribution is 7.20. The Kier molecular flexibility index (Phi) is 5.70. The summed E-state index contributed by atoms with van der Waals surface area (Å²) in [6, 6.07) is 8.32. The van der Waals surface area contributed by atoms with E-state index in [2.05, 4.69) is 15.3 Å². The summed E-state index contributed by atoms with van der Waals surface area (Å²) in [5.41, 5.74) is 1.86. The van der Waals surface area contributed by atoms with Crippen molar-refractivity contribution >= 4 is 27.5 Å². The number of benzene rings is 1. The number of nitrogens with zero attached hydrogens (tertiary/aromatic N) is 3. The molecule has 148 valence electrons. The molecule has 0 radical (unpaired) electrons. The Bertz CT molecular complexity index is 961. The maximum Gasteiger partial charge on any atom is 0.261 e. The van der Waals surface area contributed by atoms with E-state index < -0.39 is 0 Å². The van der Waals surface area contributed by atoms with Crippen LogP contribution in [0.1, 0.15) is 20.9 Å². The van der Waals surface area contributed by atoms with Gasteiger partial charge in [0.05, 0.1) is 30.3 Å². The van der Waals surface area contributed by atoms with Crippen LogP contribution >= 0.6 is 11.3 Å². The van der Waals surface area contributed by atoms with E-state index in [0.717, 1.165) is 54.3 Å². The highest BCUT2D eigenvalue weighted by Crippen LogP contribution is 2.28. The molecule has 1 amide bonds. The smallest absolute Gasteiger partial charge is 0.261 e. The quantitative estimate of drug-likeness (QED) is 0.689. The molecule has 4 rings (SSSR count). The number of hydrogen-bond acceptors (Lipinski definition) is 5. The summed E-state index contributed by atoms with van der Waals surface area (Å²) in [6.07, 6.45) is 0. The molecule has 0 aliphatic carbocycles. The van der Waals surface area contributed by atoms with E-state index in [1.165, 1.54) is 23.5 Å². The minimum atomic E-state index is -0.252. The molecular weight excluding hydrogens is 379 g/mol. The minimum Gasteiger partial charge on any atom is -0.379 e. The van der Waals surface area contributed by atoms with E-state index in [1.54, 1.807) is 12.1 Å². The van der Waals surface area contributed by atoms with Gasteiger partial charge >= 0.3 is 0 Å². The molecule has 28 heavy (non-hydrogen) atoms. The first-order valence-electron chi connectivity index (χ1n) is 9.40. The number of ether oxygens (including phenoxy) is 1. The van der Waals surface area contributed by atoms with Crippen molar-refractivity contribution in [1.82, 2.24) is 20.0 Å². The first-order chi connectivity index (χ1) is 13.6. The molecule has 0 atom stereocenters. The van der Waals surface area contributed by atoms with Crippen LogP contribution in [0.15, 0.2) is 30.3 Å². The first-order valence-corrected chi connectivity index (χ1v) is 10.2. The normalized spacial score (nSPS) is 15.2. The van der Waals surface area contributed by atoms with Crippen LogP contribution < -0.4 is 5.32 Å². The predicted octanol–water partition coefficient (Wildman–Crippen LogP) is 2.66. The Morgan fingerprint density at radius 3 is 2.79 bits per heavy atom. The van der Waals surface area contributed by atoms with Gasteiger partial charge in [-0.2, -0.15) is 5.10 Å². The molecular formula is C20H23FN4O2S. The molecule has 1 fully saturated rings. The third-order valence-electron chi connectivity index (χ3n) is 4.89. The molecule has 0 spiro atoms. The van der Waals surface area contributed by atoms with Crippen LogP contribution in [0.3, 0.4) is 0 Å². The van der Waals surface area contributed by atoms with Crippen molar-refractivity contribution < 1.29 is 13.9 Å². The summed E-state index contributed by atoms with van der Waals surface area (Å²) in [6.45, 7) is 7.28. The molecule has 8 heteroatoms. The third kappa shape index (κ3) is 4.24. The van der Waals surface area contributed by atoms with E-state index in [0.29, 0.717) is 18.0 Å². The van der Waals surface area contributed by atoms with E-state index in [1.807, 2.05) is 17.7 Å². The number of amides is 1. The van der Waals surface area contributed by atoms with Gasteiger partial charge in [0.25, 0.3) is 5.91 Å². The maximum atomic E-state index is 13.1. The summed E-state index contributed by atoms with van der Waals surface area (Å²) < 4.78 is 20.3. The molecule has 6 nitrogen and oxygen atoms in total. The van der Waals surface area contributed by atoms with Crippen LogP contribution in [0.25, 0.3) is 10.2 Å². The lowest BCUT2D eigenvalue weighted by Gasteiger charge is -2.26. The number of thiophene rings is 1. The van der Waals surface area contributed by atoms with E-state index in [4.69, 9.17) is 4.74 Å².